The summed E-state index contributed by atoms with van der Waals surface area (Å²) < 4.78 is 7.50. The minimum Gasteiger partial charge on any atom is -0.408 e. The van der Waals surface area contributed by atoms with Crippen LogP contribution in [0, 0.1) is 25.7 Å². The number of benzene rings is 1. The van der Waals surface area contributed by atoms with E-state index in [0.717, 1.165) is 19.6 Å². The Hall–Kier alpha value is -3.23. The average molecular weight is 407 g/mol. The van der Waals surface area contributed by atoms with Gasteiger partial charge in [-0.15, -0.1) is 15.3 Å². The van der Waals surface area contributed by atoms with Crippen LogP contribution >= 0.6 is 0 Å². The van der Waals surface area contributed by atoms with Crippen LogP contribution in [-0.4, -0.2) is 55.4 Å². The molecule has 0 spiro atoms. The summed E-state index contributed by atoms with van der Waals surface area (Å²) in [4.78, 5) is 17.5. The molecule has 0 saturated carbocycles. The lowest BCUT2D eigenvalue weighted by molar-refractivity contribution is -0.132. The van der Waals surface area contributed by atoms with Crippen LogP contribution in [0.15, 0.2) is 41.3 Å². The van der Waals surface area contributed by atoms with Gasteiger partial charge in [0.25, 0.3) is 0 Å². The molecule has 0 N–H and O–H groups in total. The lowest BCUT2D eigenvalue weighted by Gasteiger charge is -2.30. The van der Waals surface area contributed by atoms with Crippen molar-refractivity contribution in [2.24, 2.45) is 11.8 Å². The van der Waals surface area contributed by atoms with E-state index in [0.29, 0.717) is 36.7 Å². The molecule has 9 nitrogen and oxygen atoms in total. The maximum Gasteiger partial charge on any atom is 0.318 e. The van der Waals surface area contributed by atoms with Crippen molar-refractivity contribution < 1.29 is 9.21 Å². The molecule has 3 atom stereocenters. The van der Waals surface area contributed by atoms with Gasteiger partial charge in [0.1, 0.15) is 12.7 Å². The van der Waals surface area contributed by atoms with Gasteiger partial charge in [-0.1, -0.05) is 29.4 Å². The smallest absolute Gasteiger partial charge is 0.318 e. The summed E-state index contributed by atoms with van der Waals surface area (Å²) in [6.07, 6.45) is 3.73. The van der Waals surface area contributed by atoms with Gasteiger partial charge in [-0.3, -0.25) is 4.79 Å². The third-order valence-corrected chi connectivity index (χ3v) is 6.33. The number of nitrogens with zero attached hydrogens (tertiary/aromatic N) is 7. The molecule has 0 radical (unpaired) electrons. The van der Waals surface area contributed by atoms with Gasteiger partial charge in [-0.05, 0) is 18.1 Å². The number of anilines is 1. The number of carbonyl (C=O) groups excluding carboxylic acids is 1. The first kappa shape index (κ1) is 18.8. The van der Waals surface area contributed by atoms with Crippen molar-refractivity contribution in [1.29, 1.82) is 0 Å². The normalized spacial score (nSPS) is 23.2. The first-order valence-electron chi connectivity index (χ1n) is 10.3. The van der Waals surface area contributed by atoms with Crippen molar-refractivity contribution in [3.8, 4) is 0 Å². The van der Waals surface area contributed by atoms with E-state index >= 15 is 0 Å². The lowest BCUT2D eigenvalue weighted by atomic mass is 9.87. The SMILES string of the molecule is Cc1nnc(N2C[C@H]3CN(C(=O)CCn4cnnc4)[C@H](c4ccccc4C)[C@H]3C2)o1. The Morgan fingerprint density at radius 2 is 1.90 bits per heavy atom. The highest BCUT2D eigenvalue weighted by Crippen LogP contribution is 2.46. The van der Waals surface area contributed by atoms with Crippen LogP contribution in [0.4, 0.5) is 6.01 Å². The second-order valence-corrected chi connectivity index (χ2v) is 8.23. The van der Waals surface area contributed by atoms with Gasteiger partial charge in [-0.2, -0.15) is 0 Å². The van der Waals surface area contributed by atoms with Crippen LogP contribution in [-0.2, 0) is 11.3 Å². The topological polar surface area (TPSA) is 93.2 Å². The molecule has 0 aliphatic carbocycles. The van der Waals surface area contributed by atoms with Crippen LogP contribution in [0.5, 0.6) is 0 Å². The van der Waals surface area contributed by atoms with Crippen LogP contribution in [0.1, 0.15) is 29.5 Å². The van der Waals surface area contributed by atoms with Gasteiger partial charge in [0.05, 0.1) is 6.04 Å². The molecule has 156 valence electrons. The Bertz CT molecular complexity index is 1030. The Balaban J connectivity index is 1.39. The van der Waals surface area contributed by atoms with E-state index in [9.17, 15) is 4.79 Å². The molecule has 2 saturated heterocycles. The minimum absolute atomic E-state index is 0.0543. The van der Waals surface area contributed by atoms with E-state index in [4.69, 9.17) is 4.42 Å². The summed E-state index contributed by atoms with van der Waals surface area (Å²) in [5.41, 5.74) is 2.44. The summed E-state index contributed by atoms with van der Waals surface area (Å²) in [5.74, 6) is 1.45. The average Bonchev–Trinajstić information content (AvgIpc) is 3.50. The largest absolute Gasteiger partial charge is 0.408 e. The number of fused-ring (bicyclic) bond motifs is 1. The van der Waals surface area contributed by atoms with Crippen molar-refractivity contribution in [3.05, 3.63) is 53.9 Å². The van der Waals surface area contributed by atoms with Gasteiger partial charge in [0, 0.05) is 51.4 Å². The number of rotatable bonds is 5. The molecule has 5 rings (SSSR count). The van der Waals surface area contributed by atoms with E-state index in [1.165, 1.54) is 11.1 Å². The van der Waals surface area contributed by atoms with Gasteiger partial charge in [0.15, 0.2) is 0 Å². The Morgan fingerprint density at radius 1 is 1.10 bits per heavy atom. The van der Waals surface area contributed by atoms with Crippen LogP contribution in [0.25, 0.3) is 0 Å². The van der Waals surface area contributed by atoms with Gasteiger partial charge >= 0.3 is 6.01 Å². The Morgan fingerprint density at radius 3 is 2.63 bits per heavy atom. The zero-order chi connectivity index (χ0) is 20.7. The van der Waals surface area contributed by atoms with E-state index in [2.05, 4.69) is 55.3 Å². The molecule has 3 aromatic rings. The van der Waals surface area contributed by atoms with Crippen molar-refractivity contribution in [2.75, 3.05) is 24.5 Å². The molecular weight excluding hydrogens is 382 g/mol. The van der Waals surface area contributed by atoms with E-state index in [1.807, 2.05) is 10.6 Å². The Labute approximate surface area is 174 Å². The maximum absolute atomic E-state index is 13.2. The first-order chi connectivity index (χ1) is 14.6. The van der Waals surface area contributed by atoms with Crippen molar-refractivity contribution in [2.45, 2.75) is 32.9 Å². The third-order valence-electron chi connectivity index (χ3n) is 6.33. The summed E-state index contributed by atoms with van der Waals surface area (Å²) >= 11 is 0. The van der Waals surface area contributed by atoms with Crippen LogP contribution < -0.4 is 4.90 Å². The molecule has 9 heteroatoms. The number of carbonyl (C=O) groups is 1. The number of aromatic nitrogens is 5. The molecule has 1 aromatic carbocycles. The van der Waals surface area contributed by atoms with E-state index in [1.54, 1.807) is 19.6 Å². The highest BCUT2D eigenvalue weighted by atomic mass is 16.4. The zero-order valence-electron chi connectivity index (χ0n) is 17.2. The monoisotopic (exact) mass is 407 g/mol. The summed E-state index contributed by atoms with van der Waals surface area (Å²) in [6, 6.07) is 9.02. The Kier molecular flexibility index (Phi) is 4.72. The quantitative estimate of drug-likeness (QED) is 0.639. The fourth-order valence-electron chi connectivity index (χ4n) is 4.89. The van der Waals surface area contributed by atoms with Gasteiger partial charge < -0.3 is 18.8 Å². The van der Waals surface area contributed by atoms with Gasteiger partial charge in [-0.25, -0.2) is 0 Å². The molecule has 30 heavy (non-hydrogen) atoms. The molecule has 2 aliphatic rings. The van der Waals surface area contributed by atoms with Crippen molar-refractivity contribution in [3.63, 3.8) is 0 Å². The number of hydrogen-bond acceptors (Lipinski definition) is 7. The fraction of sp³-hybridized carbons (Fsp3) is 0.476. The lowest BCUT2D eigenvalue weighted by Crippen LogP contribution is -2.36. The molecule has 2 aliphatic heterocycles. The second kappa shape index (κ2) is 7.55. The maximum atomic E-state index is 13.2. The summed E-state index contributed by atoms with van der Waals surface area (Å²) in [6.45, 7) is 6.89. The fourth-order valence-corrected chi connectivity index (χ4v) is 4.89. The highest BCUT2D eigenvalue weighted by Gasteiger charge is 2.50. The second-order valence-electron chi connectivity index (χ2n) is 8.23. The predicted molar refractivity (Wildman–Crippen MR) is 109 cm³/mol. The standard InChI is InChI=1S/C21H25N7O2/c1-14-5-3-4-6-17(14)20-18-11-27(21-25-24-15(2)30-21)9-16(18)10-28(20)19(29)7-8-26-12-22-23-13-26/h3-6,12-13,16,18,20H,7-11H2,1-2H3/t16-,18-,20+/m0/s1. The molecule has 2 aromatic heterocycles. The van der Waals surface area contributed by atoms with E-state index in [-0.39, 0.29) is 11.9 Å². The van der Waals surface area contributed by atoms with Crippen LogP contribution in [0.3, 0.4) is 0 Å². The third kappa shape index (κ3) is 3.34. The number of likely N-dealkylation sites (tertiary alicyclic amines) is 1. The van der Waals surface area contributed by atoms with Crippen molar-refractivity contribution in [1.82, 2.24) is 29.9 Å². The number of aryl methyl sites for hydroxylation is 3. The molecule has 1 amide bonds. The molecule has 0 unspecified atom stereocenters. The molecule has 2 fully saturated rings. The van der Waals surface area contributed by atoms with Gasteiger partial charge in [0.2, 0.25) is 11.8 Å². The molecule has 0 bridgehead atoms. The highest BCUT2D eigenvalue weighted by molar-refractivity contribution is 5.77. The van der Waals surface area contributed by atoms with Crippen LogP contribution in [0.2, 0.25) is 0 Å². The molecular formula is C21H25N7O2. The number of hydrogen-bond donors (Lipinski definition) is 0. The number of amides is 1. The summed E-state index contributed by atoms with van der Waals surface area (Å²) in [7, 11) is 0. The van der Waals surface area contributed by atoms with E-state index < -0.39 is 0 Å². The zero-order valence-corrected chi connectivity index (χ0v) is 17.2. The summed E-state index contributed by atoms with van der Waals surface area (Å²) in [5, 5.41) is 15.8. The minimum atomic E-state index is 0.0543. The molecule has 4 heterocycles. The van der Waals surface area contributed by atoms with Crippen molar-refractivity contribution >= 4 is 11.9 Å². The predicted octanol–water partition coefficient (Wildman–Crippen LogP) is 2.00. The first-order valence-corrected chi connectivity index (χ1v) is 10.3.